The molecule has 0 fully saturated rings. The van der Waals surface area contributed by atoms with E-state index < -0.39 is 23.3 Å². The van der Waals surface area contributed by atoms with Crippen LogP contribution in [0.15, 0.2) is 42.5 Å². The Morgan fingerprint density at radius 1 is 1.07 bits per heavy atom. The van der Waals surface area contributed by atoms with Crippen LogP contribution >= 0.6 is 23.2 Å². The molecule has 3 rings (SSSR count). The van der Waals surface area contributed by atoms with Crippen molar-refractivity contribution in [2.75, 3.05) is 0 Å². The number of halogens is 5. The summed E-state index contributed by atoms with van der Waals surface area (Å²) < 4.78 is 41.0. The summed E-state index contributed by atoms with van der Waals surface area (Å²) in [5, 5.41) is 4.24. The van der Waals surface area contributed by atoms with Gasteiger partial charge in [-0.1, -0.05) is 47.5 Å². The lowest BCUT2D eigenvalue weighted by atomic mass is 9.95. The van der Waals surface area contributed by atoms with Crippen molar-refractivity contribution in [3.8, 4) is 22.4 Å². The number of carbonyl (C=O) groups is 1. The highest BCUT2D eigenvalue weighted by Gasteiger charge is 2.41. The Morgan fingerprint density at radius 2 is 1.70 bits per heavy atom. The van der Waals surface area contributed by atoms with Crippen molar-refractivity contribution in [1.82, 2.24) is 9.78 Å². The molecule has 2 N–H and O–H groups in total. The lowest BCUT2D eigenvalue weighted by molar-refractivity contribution is -0.141. The van der Waals surface area contributed by atoms with Gasteiger partial charge >= 0.3 is 6.18 Å². The molecule has 1 heterocycles. The highest BCUT2D eigenvalue weighted by atomic mass is 35.5. The predicted molar refractivity (Wildman–Crippen MR) is 97.6 cm³/mol. The van der Waals surface area contributed by atoms with Gasteiger partial charge in [-0.3, -0.25) is 9.48 Å². The van der Waals surface area contributed by atoms with Crippen molar-refractivity contribution in [2.24, 2.45) is 12.8 Å². The number of primary amides is 1. The molecule has 27 heavy (non-hydrogen) atoms. The van der Waals surface area contributed by atoms with Gasteiger partial charge in [-0.05, 0) is 23.8 Å². The van der Waals surface area contributed by atoms with Gasteiger partial charge < -0.3 is 5.73 Å². The van der Waals surface area contributed by atoms with Crippen LogP contribution in [0.25, 0.3) is 22.4 Å². The van der Waals surface area contributed by atoms with Crippen LogP contribution in [0, 0.1) is 0 Å². The summed E-state index contributed by atoms with van der Waals surface area (Å²) in [6.07, 6.45) is -4.83. The van der Waals surface area contributed by atoms with Gasteiger partial charge in [-0.15, -0.1) is 0 Å². The molecule has 0 saturated heterocycles. The Labute approximate surface area is 162 Å². The highest BCUT2D eigenvalue weighted by molar-refractivity contribution is 6.35. The molecule has 0 radical (unpaired) electrons. The van der Waals surface area contributed by atoms with Crippen LogP contribution in [0.3, 0.4) is 0 Å². The van der Waals surface area contributed by atoms with E-state index >= 15 is 0 Å². The number of alkyl halides is 3. The largest absolute Gasteiger partial charge is 0.435 e. The van der Waals surface area contributed by atoms with E-state index in [4.69, 9.17) is 28.9 Å². The number of hydrogen-bond donors (Lipinski definition) is 1. The van der Waals surface area contributed by atoms with Gasteiger partial charge in [0.1, 0.15) is 0 Å². The van der Waals surface area contributed by atoms with Gasteiger partial charge in [0, 0.05) is 28.2 Å². The summed E-state index contributed by atoms with van der Waals surface area (Å²) in [6.45, 7) is 0. The van der Waals surface area contributed by atoms with E-state index in [-0.39, 0.29) is 5.69 Å². The van der Waals surface area contributed by atoms with Gasteiger partial charge in [0.25, 0.3) is 5.91 Å². The summed E-state index contributed by atoms with van der Waals surface area (Å²) in [5.74, 6) is -1.22. The molecule has 3 aromatic rings. The zero-order chi connectivity index (χ0) is 19.9. The molecule has 1 amide bonds. The van der Waals surface area contributed by atoms with Gasteiger partial charge in [-0.2, -0.15) is 18.3 Å². The molecule has 0 bridgehead atoms. The minimum Gasteiger partial charge on any atom is -0.365 e. The molecule has 0 aliphatic heterocycles. The van der Waals surface area contributed by atoms with Gasteiger partial charge in [0.2, 0.25) is 0 Å². The lowest BCUT2D eigenvalue weighted by Crippen LogP contribution is -2.18. The first-order valence-electron chi connectivity index (χ1n) is 7.60. The normalized spacial score (nSPS) is 11.6. The molecular formula is C18H12Cl2F3N3O. The Balaban J connectivity index is 2.36. The monoisotopic (exact) mass is 413 g/mol. The van der Waals surface area contributed by atoms with E-state index in [1.165, 1.54) is 7.05 Å². The van der Waals surface area contributed by atoms with Crippen molar-refractivity contribution in [2.45, 2.75) is 6.18 Å². The maximum Gasteiger partial charge on any atom is 0.435 e. The average molecular weight is 414 g/mol. The average Bonchev–Trinajstić information content (AvgIpc) is 2.95. The van der Waals surface area contributed by atoms with Crippen molar-refractivity contribution < 1.29 is 18.0 Å². The summed E-state index contributed by atoms with van der Waals surface area (Å²) in [7, 11) is 1.31. The summed E-state index contributed by atoms with van der Waals surface area (Å²) in [5.41, 5.74) is 4.49. The number of aromatic nitrogens is 2. The molecule has 0 atom stereocenters. The fraction of sp³-hybridized carbons (Fsp3) is 0.111. The first-order chi connectivity index (χ1) is 12.6. The third kappa shape index (κ3) is 3.52. The number of rotatable bonds is 3. The second-order valence-corrected chi connectivity index (χ2v) is 6.57. The fourth-order valence-electron chi connectivity index (χ4n) is 2.89. The van der Waals surface area contributed by atoms with Crippen LogP contribution in [0.1, 0.15) is 16.1 Å². The first-order valence-corrected chi connectivity index (χ1v) is 8.35. The number of hydrogen-bond acceptors (Lipinski definition) is 2. The van der Waals surface area contributed by atoms with Crippen LogP contribution in [0.5, 0.6) is 0 Å². The Kier molecular flexibility index (Phi) is 4.92. The molecule has 0 unspecified atom stereocenters. The van der Waals surface area contributed by atoms with E-state index in [0.717, 1.165) is 4.68 Å². The van der Waals surface area contributed by atoms with Crippen molar-refractivity contribution in [1.29, 1.82) is 0 Å². The number of carbonyl (C=O) groups excluding carboxylic acids is 1. The lowest BCUT2D eigenvalue weighted by Gasteiger charge is -2.13. The SMILES string of the molecule is Cn1nc(C(F)(F)F)c(C(N)=O)c1-c1ccccc1-c1cc(Cl)ccc1Cl. The zero-order valence-electron chi connectivity index (χ0n) is 13.8. The van der Waals surface area contributed by atoms with Crippen LogP contribution in [0.2, 0.25) is 10.0 Å². The van der Waals surface area contributed by atoms with Crippen molar-refractivity contribution >= 4 is 29.1 Å². The Hall–Kier alpha value is -2.51. The topological polar surface area (TPSA) is 60.9 Å². The highest BCUT2D eigenvalue weighted by Crippen LogP contribution is 2.41. The third-order valence-electron chi connectivity index (χ3n) is 3.96. The molecule has 9 heteroatoms. The Bertz CT molecular complexity index is 1040. The maximum atomic E-state index is 13.3. The number of benzene rings is 2. The third-order valence-corrected chi connectivity index (χ3v) is 4.53. The van der Waals surface area contributed by atoms with E-state index in [9.17, 15) is 18.0 Å². The molecule has 0 saturated carbocycles. The Morgan fingerprint density at radius 3 is 2.30 bits per heavy atom. The van der Waals surface area contributed by atoms with E-state index in [0.29, 0.717) is 26.7 Å². The molecule has 1 aromatic heterocycles. The minimum absolute atomic E-state index is 0.0542. The standard InChI is InChI=1S/C18H12Cl2F3N3O/c1-26-15(14(17(24)27)16(25-26)18(21,22)23)11-5-3-2-4-10(11)12-8-9(19)6-7-13(12)20/h2-8H,1H3,(H2,24,27). The van der Waals surface area contributed by atoms with Gasteiger partial charge in [0.15, 0.2) is 5.69 Å². The van der Waals surface area contributed by atoms with Crippen LogP contribution in [-0.4, -0.2) is 15.7 Å². The summed E-state index contributed by atoms with van der Waals surface area (Å²) >= 11 is 12.3. The maximum absolute atomic E-state index is 13.3. The van der Waals surface area contributed by atoms with Crippen LogP contribution in [0.4, 0.5) is 13.2 Å². The molecule has 0 aliphatic carbocycles. The second-order valence-electron chi connectivity index (χ2n) is 5.73. The van der Waals surface area contributed by atoms with Crippen molar-refractivity contribution in [3.63, 3.8) is 0 Å². The van der Waals surface area contributed by atoms with Crippen LogP contribution in [-0.2, 0) is 13.2 Å². The van der Waals surface area contributed by atoms with E-state index in [2.05, 4.69) is 5.10 Å². The fourth-order valence-corrected chi connectivity index (χ4v) is 3.28. The molecule has 0 aliphatic rings. The van der Waals surface area contributed by atoms with Crippen molar-refractivity contribution in [3.05, 3.63) is 63.8 Å². The summed E-state index contributed by atoms with van der Waals surface area (Å²) in [6, 6.07) is 11.3. The number of nitrogens with two attached hydrogens (primary N) is 1. The zero-order valence-corrected chi connectivity index (χ0v) is 15.3. The molecule has 0 spiro atoms. The number of amides is 1. The van der Waals surface area contributed by atoms with Crippen LogP contribution < -0.4 is 5.73 Å². The van der Waals surface area contributed by atoms with Gasteiger partial charge in [0.05, 0.1) is 11.3 Å². The molecule has 4 nitrogen and oxygen atoms in total. The number of aryl methyl sites for hydroxylation is 1. The minimum atomic E-state index is -4.83. The van der Waals surface area contributed by atoms with Gasteiger partial charge in [-0.25, -0.2) is 0 Å². The van der Waals surface area contributed by atoms with E-state index in [1.807, 2.05) is 0 Å². The molecular weight excluding hydrogens is 402 g/mol. The molecule has 140 valence electrons. The predicted octanol–water partition coefficient (Wildman–Crippen LogP) is 5.18. The van der Waals surface area contributed by atoms with E-state index in [1.54, 1.807) is 42.5 Å². The molecule has 2 aromatic carbocycles. The smallest absolute Gasteiger partial charge is 0.365 e. The quantitative estimate of drug-likeness (QED) is 0.642. The second kappa shape index (κ2) is 6.90. The first kappa shape index (κ1) is 19.3. The summed E-state index contributed by atoms with van der Waals surface area (Å²) in [4.78, 5) is 11.9. The number of nitrogens with zero attached hydrogens (tertiary/aromatic N) is 2.